The van der Waals surface area contributed by atoms with Crippen molar-refractivity contribution in [2.75, 3.05) is 0 Å². The fourth-order valence-electron chi connectivity index (χ4n) is 0.728. The number of hydrogen-bond donors (Lipinski definition) is 0. The van der Waals surface area contributed by atoms with Crippen LogP contribution in [0.5, 0.6) is 0 Å². The van der Waals surface area contributed by atoms with Crippen molar-refractivity contribution in [1.82, 2.24) is 0 Å². The summed E-state index contributed by atoms with van der Waals surface area (Å²) in [6.45, 7) is 5.84. The first-order valence-corrected chi connectivity index (χ1v) is 6.34. The van der Waals surface area contributed by atoms with Crippen molar-refractivity contribution in [1.29, 1.82) is 0 Å². The third-order valence-electron chi connectivity index (χ3n) is 1.30. The second-order valence-corrected chi connectivity index (χ2v) is 5.37. The van der Waals surface area contributed by atoms with Crippen LogP contribution in [0.4, 0.5) is 0 Å². The van der Waals surface area contributed by atoms with E-state index in [0.717, 1.165) is 5.57 Å². The molecular weight excluding hydrogens is 260 g/mol. The minimum absolute atomic E-state index is 0.119. The molecule has 0 fully saturated rings. The Bertz CT molecular complexity index is 272. The number of hydrogen-bond acceptors (Lipinski definition) is 0. The molecule has 1 aromatic carbocycles. The average molecular weight is 272 g/mol. The van der Waals surface area contributed by atoms with E-state index >= 15 is 0 Å². The van der Waals surface area contributed by atoms with Gasteiger partial charge in [0.05, 0.1) is 0 Å². The Balaban J connectivity index is 2.49. The second-order valence-electron chi connectivity index (χ2n) is 2.58. The molecule has 0 bridgehead atoms. The summed E-state index contributed by atoms with van der Waals surface area (Å²) in [5, 5.41) is 0. The number of benzene rings is 1. The van der Waals surface area contributed by atoms with E-state index in [1.54, 1.807) is 0 Å². The van der Waals surface area contributed by atoms with E-state index in [-0.39, 0.29) is 20.9 Å². The molecule has 0 nitrogen and oxygen atoms in total. The van der Waals surface area contributed by atoms with Gasteiger partial charge >= 0.3 is 84.1 Å². The maximum atomic E-state index is 3.82. The zero-order valence-corrected chi connectivity index (χ0v) is 9.49. The van der Waals surface area contributed by atoms with E-state index in [1.165, 1.54) is 3.61 Å². The summed E-state index contributed by atoms with van der Waals surface area (Å²) in [7, 11) is 0. The van der Waals surface area contributed by atoms with E-state index in [0.29, 0.717) is 0 Å². The topological polar surface area (TPSA) is 0 Å². The Morgan fingerprint density at radius 3 is 2.58 bits per heavy atom. The van der Waals surface area contributed by atoms with Crippen molar-refractivity contribution in [3.8, 4) is 0 Å². The van der Waals surface area contributed by atoms with Crippen LogP contribution in [0, 0.1) is 0 Å². The zero-order valence-electron chi connectivity index (χ0n) is 7.16. The Morgan fingerprint density at radius 2 is 2.00 bits per heavy atom. The quantitative estimate of drug-likeness (QED) is 0.584. The SMILES string of the molecule is C=C(C)C=C[Te]c1ccccc1. The molecule has 0 aliphatic carbocycles. The molecule has 0 atom stereocenters. The summed E-state index contributed by atoms with van der Waals surface area (Å²) in [5.74, 6) is 0. The van der Waals surface area contributed by atoms with Gasteiger partial charge in [0.2, 0.25) is 0 Å². The van der Waals surface area contributed by atoms with Gasteiger partial charge in [-0.15, -0.1) is 0 Å². The van der Waals surface area contributed by atoms with Crippen molar-refractivity contribution < 1.29 is 0 Å². The third kappa shape index (κ3) is 3.76. The molecule has 0 aromatic heterocycles. The van der Waals surface area contributed by atoms with Crippen LogP contribution in [0.15, 0.2) is 52.7 Å². The van der Waals surface area contributed by atoms with Crippen molar-refractivity contribution in [2.45, 2.75) is 6.92 Å². The van der Waals surface area contributed by atoms with Gasteiger partial charge in [0.15, 0.2) is 0 Å². The first-order valence-electron chi connectivity index (χ1n) is 3.83. The van der Waals surface area contributed by atoms with Crippen molar-refractivity contribution >= 4 is 24.5 Å². The van der Waals surface area contributed by atoms with Gasteiger partial charge < -0.3 is 0 Å². The number of rotatable bonds is 3. The van der Waals surface area contributed by atoms with Gasteiger partial charge in [0.1, 0.15) is 0 Å². The summed E-state index contributed by atoms with van der Waals surface area (Å²) in [4.78, 5) is 0. The van der Waals surface area contributed by atoms with Gasteiger partial charge in [0.25, 0.3) is 0 Å². The molecule has 0 saturated heterocycles. The van der Waals surface area contributed by atoms with Crippen LogP contribution in [0.2, 0.25) is 0 Å². The van der Waals surface area contributed by atoms with Crippen molar-refractivity contribution in [3.05, 3.63) is 52.7 Å². The van der Waals surface area contributed by atoms with Gasteiger partial charge in [-0.2, -0.15) is 0 Å². The average Bonchev–Trinajstić information content (AvgIpc) is 2.05. The molecule has 1 rings (SSSR count). The van der Waals surface area contributed by atoms with Gasteiger partial charge in [-0.1, -0.05) is 0 Å². The summed E-state index contributed by atoms with van der Waals surface area (Å²) < 4.78 is 3.74. The Labute approximate surface area is 84.1 Å². The molecule has 0 heterocycles. The molecule has 12 heavy (non-hydrogen) atoms. The second kappa shape index (κ2) is 5.19. The summed E-state index contributed by atoms with van der Waals surface area (Å²) >= 11 is -0.119. The van der Waals surface area contributed by atoms with E-state index in [9.17, 15) is 0 Å². The molecule has 0 aliphatic heterocycles. The molecule has 0 aliphatic rings. The molecular formula is C11H12Te. The summed E-state index contributed by atoms with van der Waals surface area (Å²) in [6.07, 6.45) is 2.11. The van der Waals surface area contributed by atoms with Crippen molar-refractivity contribution in [3.63, 3.8) is 0 Å². The fourth-order valence-corrected chi connectivity index (χ4v) is 2.93. The van der Waals surface area contributed by atoms with Crippen LogP contribution in [-0.2, 0) is 0 Å². The molecule has 0 radical (unpaired) electrons. The first kappa shape index (κ1) is 9.58. The third-order valence-corrected chi connectivity index (χ3v) is 3.63. The van der Waals surface area contributed by atoms with E-state index < -0.39 is 0 Å². The van der Waals surface area contributed by atoms with Crippen LogP contribution in [0.1, 0.15) is 6.92 Å². The molecule has 62 valence electrons. The molecule has 0 amide bonds. The van der Waals surface area contributed by atoms with Crippen molar-refractivity contribution in [2.24, 2.45) is 0 Å². The van der Waals surface area contributed by atoms with E-state index in [1.807, 2.05) is 6.92 Å². The standard InChI is InChI=1S/C11H12Te/c1-10(2)8-9-12-11-6-4-3-5-7-11/h3-9H,1H2,2H3. The van der Waals surface area contributed by atoms with Gasteiger partial charge in [-0.3, -0.25) is 0 Å². The molecule has 0 N–H and O–H groups in total. The monoisotopic (exact) mass is 274 g/mol. The van der Waals surface area contributed by atoms with Crippen LogP contribution in [-0.4, -0.2) is 20.9 Å². The Kier molecular flexibility index (Phi) is 4.14. The summed E-state index contributed by atoms with van der Waals surface area (Å²) in [5.41, 5.74) is 1.14. The Morgan fingerprint density at radius 1 is 1.33 bits per heavy atom. The fraction of sp³-hybridized carbons (Fsp3) is 0.0909. The molecule has 0 spiro atoms. The summed E-state index contributed by atoms with van der Waals surface area (Å²) in [6, 6.07) is 10.6. The van der Waals surface area contributed by atoms with Crippen LogP contribution < -0.4 is 3.61 Å². The molecule has 0 unspecified atom stereocenters. The molecule has 1 aromatic rings. The first-order chi connectivity index (χ1) is 5.79. The number of allylic oxidation sites excluding steroid dienone is 2. The predicted molar refractivity (Wildman–Crippen MR) is 55.8 cm³/mol. The zero-order chi connectivity index (χ0) is 8.81. The van der Waals surface area contributed by atoms with Crippen LogP contribution in [0.25, 0.3) is 0 Å². The molecule has 1 heteroatoms. The minimum atomic E-state index is -0.119. The van der Waals surface area contributed by atoms with Gasteiger partial charge in [0, 0.05) is 0 Å². The Hall–Kier alpha value is -0.510. The predicted octanol–water partition coefficient (Wildman–Crippen LogP) is 2.11. The van der Waals surface area contributed by atoms with Crippen LogP contribution >= 0.6 is 0 Å². The maximum absolute atomic E-state index is 3.82. The van der Waals surface area contributed by atoms with Gasteiger partial charge in [-0.05, 0) is 0 Å². The van der Waals surface area contributed by atoms with E-state index in [2.05, 4.69) is 47.1 Å². The molecule has 0 saturated carbocycles. The van der Waals surface area contributed by atoms with E-state index in [4.69, 9.17) is 0 Å². The van der Waals surface area contributed by atoms with Gasteiger partial charge in [-0.25, -0.2) is 0 Å². The van der Waals surface area contributed by atoms with Crippen LogP contribution in [0.3, 0.4) is 0 Å². The normalized spacial score (nSPS) is 10.4.